The third-order valence-corrected chi connectivity index (χ3v) is 3.11. The van der Waals surface area contributed by atoms with Gasteiger partial charge in [-0.25, -0.2) is 9.97 Å². The lowest BCUT2D eigenvalue weighted by atomic mass is 10.1. The SMILES string of the molecule is CCNc1cc(N2CCCC(O)C2)nc(COC)n1. The summed E-state index contributed by atoms with van der Waals surface area (Å²) in [5.41, 5.74) is 0. The van der Waals surface area contributed by atoms with Gasteiger partial charge in [-0.2, -0.15) is 0 Å². The van der Waals surface area contributed by atoms with Crippen LogP contribution in [0.5, 0.6) is 0 Å². The topological polar surface area (TPSA) is 70.5 Å². The first-order valence-electron chi connectivity index (χ1n) is 6.76. The average Bonchev–Trinajstić information content (AvgIpc) is 2.39. The molecule has 0 aliphatic carbocycles. The van der Waals surface area contributed by atoms with Gasteiger partial charge < -0.3 is 20.1 Å². The zero-order valence-electron chi connectivity index (χ0n) is 11.6. The highest BCUT2D eigenvalue weighted by molar-refractivity contribution is 5.49. The van der Waals surface area contributed by atoms with Crippen molar-refractivity contribution in [2.24, 2.45) is 0 Å². The van der Waals surface area contributed by atoms with Crippen LogP contribution in [0.15, 0.2) is 6.07 Å². The van der Waals surface area contributed by atoms with Crippen LogP contribution >= 0.6 is 0 Å². The maximum Gasteiger partial charge on any atom is 0.158 e. The van der Waals surface area contributed by atoms with Crippen molar-refractivity contribution in [2.45, 2.75) is 32.5 Å². The second kappa shape index (κ2) is 6.68. The summed E-state index contributed by atoms with van der Waals surface area (Å²) in [5, 5.41) is 13.0. The first kappa shape index (κ1) is 14.0. The standard InChI is InChI=1S/C13H22N4O2/c1-3-14-11-7-13(16-12(15-11)9-19-2)17-6-4-5-10(18)8-17/h7,10,18H,3-6,8-9H2,1-2H3,(H,14,15,16). The zero-order valence-corrected chi connectivity index (χ0v) is 11.6. The molecule has 1 atom stereocenters. The summed E-state index contributed by atoms with van der Waals surface area (Å²) in [6.07, 6.45) is 1.59. The molecule has 2 heterocycles. The van der Waals surface area contributed by atoms with E-state index in [4.69, 9.17) is 4.74 Å². The molecule has 1 aromatic rings. The van der Waals surface area contributed by atoms with Gasteiger partial charge in [-0.1, -0.05) is 0 Å². The molecule has 0 amide bonds. The molecule has 1 unspecified atom stereocenters. The summed E-state index contributed by atoms with van der Waals surface area (Å²) in [6.45, 7) is 4.79. The quantitative estimate of drug-likeness (QED) is 0.829. The van der Waals surface area contributed by atoms with Gasteiger partial charge in [-0.05, 0) is 19.8 Å². The Hall–Kier alpha value is -1.40. The molecular weight excluding hydrogens is 244 g/mol. The molecule has 6 heteroatoms. The molecule has 1 aliphatic heterocycles. The number of anilines is 2. The van der Waals surface area contributed by atoms with Gasteiger partial charge in [0.2, 0.25) is 0 Å². The minimum Gasteiger partial charge on any atom is -0.391 e. The molecule has 2 rings (SSSR count). The summed E-state index contributed by atoms with van der Waals surface area (Å²) in [6, 6.07) is 1.93. The fourth-order valence-electron chi connectivity index (χ4n) is 2.27. The minimum atomic E-state index is -0.267. The van der Waals surface area contributed by atoms with E-state index in [1.54, 1.807) is 7.11 Å². The summed E-state index contributed by atoms with van der Waals surface area (Å²) >= 11 is 0. The Morgan fingerprint density at radius 2 is 2.37 bits per heavy atom. The van der Waals surface area contributed by atoms with Crippen LogP contribution in [0, 0.1) is 0 Å². The molecule has 1 aliphatic rings. The smallest absolute Gasteiger partial charge is 0.158 e. The molecule has 1 fully saturated rings. The van der Waals surface area contributed by atoms with Crippen LogP contribution in [0.25, 0.3) is 0 Å². The number of ether oxygens (including phenoxy) is 1. The van der Waals surface area contributed by atoms with Crippen molar-refractivity contribution in [3.05, 3.63) is 11.9 Å². The number of piperidine rings is 1. The van der Waals surface area contributed by atoms with Gasteiger partial charge in [-0.3, -0.25) is 0 Å². The van der Waals surface area contributed by atoms with Crippen LogP contribution in [0.2, 0.25) is 0 Å². The summed E-state index contributed by atoms with van der Waals surface area (Å²) < 4.78 is 5.10. The van der Waals surface area contributed by atoms with Crippen LogP contribution in [0.1, 0.15) is 25.6 Å². The molecule has 106 valence electrons. The molecule has 0 spiro atoms. The number of hydrogen-bond acceptors (Lipinski definition) is 6. The summed E-state index contributed by atoms with van der Waals surface area (Å²) in [4.78, 5) is 11.0. The lowest BCUT2D eigenvalue weighted by Crippen LogP contribution is -2.38. The van der Waals surface area contributed by atoms with Crippen LogP contribution in [-0.2, 0) is 11.3 Å². The van der Waals surface area contributed by atoms with Crippen molar-refractivity contribution in [1.82, 2.24) is 9.97 Å². The predicted octanol–water partition coefficient (Wildman–Crippen LogP) is 1.02. The van der Waals surface area contributed by atoms with Crippen molar-refractivity contribution >= 4 is 11.6 Å². The Balaban J connectivity index is 2.21. The fourth-order valence-corrected chi connectivity index (χ4v) is 2.27. The first-order chi connectivity index (χ1) is 9.22. The van der Waals surface area contributed by atoms with E-state index in [-0.39, 0.29) is 6.10 Å². The third kappa shape index (κ3) is 3.78. The minimum absolute atomic E-state index is 0.267. The molecule has 0 radical (unpaired) electrons. The van der Waals surface area contributed by atoms with Gasteiger partial charge >= 0.3 is 0 Å². The number of β-amino-alcohol motifs (C(OH)–C–C–N with tert-alkyl or cyclic N) is 1. The number of methoxy groups -OCH3 is 1. The highest BCUT2D eigenvalue weighted by Crippen LogP contribution is 2.20. The Kier molecular flexibility index (Phi) is 4.93. The lowest BCUT2D eigenvalue weighted by Gasteiger charge is -2.31. The van der Waals surface area contributed by atoms with E-state index in [1.807, 2.05) is 13.0 Å². The normalized spacial score (nSPS) is 19.5. The number of nitrogens with zero attached hydrogens (tertiary/aromatic N) is 3. The van der Waals surface area contributed by atoms with Crippen molar-refractivity contribution in [3.8, 4) is 0 Å². The maximum absolute atomic E-state index is 9.76. The number of aromatic nitrogens is 2. The van der Waals surface area contributed by atoms with E-state index in [9.17, 15) is 5.11 Å². The van der Waals surface area contributed by atoms with Gasteiger partial charge in [0.25, 0.3) is 0 Å². The van der Waals surface area contributed by atoms with Crippen LogP contribution in [0.4, 0.5) is 11.6 Å². The Bertz CT molecular complexity index is 389. The van der Waals surface area contributed by atoms with Crippen molar-refractivity contribution in [1.29, 1.82) is 0 Å². The monoisotopic (exact) mass is 266 g/mol. The predicted molar refractivity (Wildman–Crippen MR) is 74.4 cm³/mol. The van der Waals surface area contributed by atoms with E-state index in [0.717, 1.165) is 37.6 Å². The van der Waals surface area contributed by atoms with Crippen molar-refractivity contribution in [3.63, 3.8) is 0 Å². The van der Waals surface area contributed by atoms with E-state index in [2.05, 4.69) is 20.2 Å². The maximum atomic E-state index is 9.76. The number of aliphatic hydroxyl groups excluding tert-OH is 1. The highest BCUT2D eigenvalue weighted by Gasteiger charge is 2.20. The highest BCUT2D eigenvalue weighted by atomic mass is 16.5. The third-order valence-electron chi connectivity index (χ3n) is 3.11. The number of aliphatic hydroxyl groups is 1. The Morgan fingerprint density at radius 1 is 1.53 bits per heavy atom. The Labute approximate surface area is 113 Å². The fraction of sp³-hybridized carbons (Fsp3) is 0.692. The number of hydrogen-bond donors (Lipinski definition) is 2. The second-order valence-corrected chi connectivity index (χ2v) is 4.73. The summed E-state index contributed by atoms with van der Waals surface area (Å²) in [7, 11) is 1.63. The molecule has 2 N–H and O–H groups in total. The van der Waals surface area contributed by atoms with E-state index < -0.39 is 0 Å². The van der Waals surface area contributed by atoms with Crippen molar-refractivity contribution in [2.75, 3.05) is 37.0 Å². The number of rotatable bonds is 5. The van der Waals surface area contributed by atoms with Gasteiger partial charge in [0.05, 0.1) is 6.10 Å². The molecule has 1 saturated heterocycles. The molecule has 6 nitrogen and oxygen atoms in total. The molecular formula is C13H22N4O2. The zero-order chi connectivity index (χ0) is 13.7. The van der Waals surface area contributed by atoms with Crippen molar-refractivity contribution < 1.29 is 9.84 Å². The molecule has 1 aromatic heterocycles. The molecule has 0 bridgehead atoms. The van der Waals surface area contributed by atoms with Gasteiger partial charge in [-0.15, -0.1) is 0 Å². The molecule has 0 aromatic carbocycles. The lowest BCUT2D eigenvalue weighted by molar-refractivity contribution is 0.153. The van der Waals surface area contributed by atoms with Crippen LogP contribution in [-0.4, -0.2) is 47.9 Å². The van der Waals surface area contributed by atoms with Crippen LogP contribution < -0.4 is 10.2 Å². The van der Waals surface area contributed by atoms with Gasteiger partial charge in [0, 0.05) is 32.8 Å². The largest absolute Gasteiger partial charge is 0.391 e. The van der Waals surface area contributed by atoms with Crippen LogP contribution in [0.3, 0.4) is 0 Å². The van der Waals surface area contributed by atoms with E-state index in [0.29, 0.717) is 19.0 Å². The van der Waals surface area contributed by atoms with E-state index in [1.165, 1.54) is 0 Å². The van der Waals surface area contributed by atoms with E-state index >= 15 is 0 Å². The number of nitrogens with one attached hydrogen (secondary N) is 1. The molecule has 0 saturated carbocycles. The first-order valence-corrected chi connectivity index (χ1v) is 6.76. The Morgan fingerprint density at radius 3 is 3.05 bits per heavy atom. The summed E-state index contributed by atoms with van der Waals surface area (Å²) in [5.74, 6) is 2.33. The van der Waals surface area contributed by atoms with Gasteiger partial charge in [0.1, 0.15) is 18.2 Å². The average molecular weight is 266 g/mol. The molecule has 19 heavy (non-hydrogen) atoms. The second-order valence-electron chi connectivity index (χ2n) is 4.73. The van der Waals surface area contributed by atoms with Gasteiger partial charge in [0.15, 0.2) is 5.82 Å².